The monoisotopic (exact) mass is 341 g/mol. The highest BCUT2D eigenvalue weighted by molar-refractivity contribution is 6.45. The fourth-order valence-electron chi connectivity index (χ4n) is 1.85. The number of nitrogens with one attached hydrogen (secondary N) is 2. The molecule has 2 aromatic carbocycles. The Morgan fingerprint density at radius 1 is 1.25 bits per heavy atom. The molecule has 122 valence electrons. The molecule has 0 spiro atoms. The molecule has 0 fully saturated rings. The largest absolute Gasteiger partial charge is 0.456 e. The van der Waals surface area contributed by atoms with E-state index < -0.39 is 5.84 Å². The Kier molecular flexibility index (Phi) is 5.40. The van der Waals surface area contributed by atoms with Crippen molar-refractivity contribution in [3.63, 3.8) is 0 Å². The molecule has 24 heavy (non-hydrogen) atoms. The molecule has 7 heteroatoms. The normalized spacial score (nSPS) is 10.8. The summed E-state index contributed by atoms with van der Waals surface area (Å²) in [4.78, 5) is 0. The van der Waals surface area contributed by atoms with Crippen LogP contribution in [-0.4, -0.2) is 11.5 Å². The number of benzene rings is 2. The van der Waals surface area contributed by atoms with Crippen molar-refractivity contribution in [1.82, 2.24) is 0 Å². The van der Waals surface area contributed by atoms with Crippen LogP contribution in [0.15, 0.2) is 41.5 Å². The van der Waals surface area contributed by atoms with Crippen LogP contribution in [0.4, 0.5) is 5.69 Å². The molecule has 0 heterocycles. The number of hydrogen-bond acceptors (Lipinski definition) is 5. The van der Waals surface area contributed by atoms with Crippen molar-refractivity contribution in [3.05, 3.63) is 52.5 Å². The van der Waals surface area contributed by atoms with Crippen LogP contribution >= 0.6 is 11.6 Å². The number of ether oxygens (including phenoxy) is 1. The molecule has 0 aliphatic carbocycles. The zero-order chi connectivity index (χ0) is 17.7. The maximum absolute atomic E-state index is 8.80. The lowest BCUT2D eigenvalue weighted by Crippen LogP contribution is -2.21. The topological polar surface area (TPSA) is 107 Å². The van der Waals surface area contributed by atoms with E-state index in [0.717, 1.165) is 16.9 Å². The van der Waals surface area contributed by atoms with Gasteiger partial charge in [0, 0.05) is 0 Å². The summed E-state index contributed by atoms with van der Waals surface area (Å²) in [5.74, 6) is 0.830. The van der Waals surface area contributed by atoms with Gasteiger partial charge < -0.3 is 10.5 Å². The Morgan fingerprint density at radius 2 is 2.00 bits per heavy atom. The van der Waals surface area contributed by atoms with Gasteiger partial charge >= 0.3 is 0 Å². The van der Waals surface area contributed by atoms with Crippen LogP contribution in [0, 0.1) is 30.6 Å². The molecule has 0 bridgehead atoms. The van der Waals surface area contributed by atoms with Crippen LogP contribution in [0.5, 0.6) is 11.5 Å². The quantitative estimate of drug-likeness (QED) is 0.434. The summed E-state index contributed by atoms with van der Waals surface area (Å²) in [6.45, 7) is 3.94. The number of hydrogen-bond donors (Lipinski definition) is 3. The summed E-state index contributed by atoms with van der Waals surface area (Å²) in [6, 6.07) is 12.7. The first kappa shape index (κ1) is 17.3. The molecule has 0 saturated heterocycles. The van der Waals surface area contributed by atoms with E-state index in [1.54, 1.807) is 24.3 Å². The summed E-state index contributed by atoms with van der Waals surface area (Å²) in [5.41, 5.74) is 10.3. The van der Waals surface area contributed by atoms with Gasteiger partial charge in [-0.3, -0.25) is 10.8 Å². The predicted octanol–water partition coefficient (Wildman–Crippen LogP) is 3.98. The van der Waals surface area contributed by atoms with E-state index in [9.17, 15) is 0 Å². The van der Waals surface area contributed by atoms with Gasteiger partial charge in [-0.1, -0.05) is 23.7 Å². The van der Waals surface area contributed by atoms with Crippen molar-refractivity contribution >= 4 is 28.8 Å². The van der Waals surface area contributed by atoms with Crippen LogP contribution < -0.4 is 15.9 Å². The summed E-state index contributed by atoms with van der Waals surface area (Å²) in [7, 11) is 0. The molecule has 6 nitrogen and oxygen atoms in total. The third-order valence-corrected chi connectivity index (χ3v) is 3.45. The van der Waals surface area contributed by atoms with Crippen molar-refractivity contribution in [3.8, 4) is 17.6 Å². The van der Waals surface area contributed by atoms with Gasteiger partial charge in [0.1, 0.15) is 17.6 Å². The molecule has 4 N–H and O–H groups in total. The molecule has 0 radical (unpaired) electrons. The molecule has 2 aromatic rings. The van der Waals surface area contributed by atoms with Crippen molar-refractivity contribution in [2.24, 2.45) is 10.8 Å². The van der Waals surface area contributed by atoms with Gasteiger partial charge in [-0.15, -0.1) is 0 Å². The van der Waals surface area contributed by atoms with Crippen molar-refractivity contribution in [2.75, 3.05) is 5.43 Å². The molecule has 2 rings (SSSR count). The van der Waals surface area contributed by atoms with Gasteiger partial charge in [0.15, 0.2) is 5.84 Å². The SMILES string of the molecule is Cc1ccc(C)c(Oc2ccc(N/N=C(\C#N)C(=N)N)cc2Cl)c1. The van der Waals surface area contributed by atoms with Gasteiger partial charge in [-0.05, 0) is 49.2 Å². The van der Waals surface area contributed by atoms with Gasteiger partial charge in [-0.2, -0.15) is 10.4 Å². The van der Waals surface area contributed by atoms with Crippen LogP contribution in [0.1, 0.15) is 11.1 Å². The van der Waals surface area contributed by atoms with E-state index in [4.69, 9.17) is 32.7 Å². The van der Waals surface area contributed by atoms with Crippen molar-refractivity contribution in [2.45, 2.75) is 13.8 Å². The standard InChI is InChI=1S/C17H16ClN5O/c1-10-3-4-11(2)16(7-10)24-15-6-5-12(8-13(15)18)22-23-14(9-19)17(20)21/h3-8,22H,1-2H3,(H3,20,21)/b23-14+. The van der Waals surface area contributed by atoms with E-state index >= 15 is 0 Å². The number of rotatable bonds is 5. The zero-order valence-electron chi connectivity index (χ0n) is 13.2. The lowest BCUT2D eigenvalue weighted by atomic mass is 10.1. The Labute approximate surface area is 145 Å². The number of nitrogens with two attached hydrogens (primary N) is 1. The zero-order valence-corrected chi connectivity index (χ0v) is 14.0. The van der Waals surface area contributed by atoms with Crippen LogP contribution in [-0.2, 0) is 0 Å². The highest BCUT2D eigenvalue weighted by atomic mass is 35.5. The molecule has 0 unspecified atom stereocenters. The fraction of sp³-hybridized carbons (Fsp3) is 0.118. The average molecular weight is 342 g/mol. The van der Waals surface area contributed by atoms with E-state index in [1.807, 2.05) is 32.0 Å². The first-order valence-electron chi connectivity index (χ1n) is 7.03. The Balaban J connectivity index is 2.20. The molecule has 0 amide bonds. The number of halogens is 1. The molecule has 0 aliphatic heterocycles. The number of nitriles is 1. The maximum Gasteiger partial charge on any atom is 0.201 e. The summed E-state index contributed by atoms with van der Waals surface area (Å²) in [5, 5.41) is 20.1. The number of anilines is 1. The minimum atomic E-state index is -0.411. The van der Waals surface area contributed by atoms with E-state index in [-0.39, 0.29) is 5.71 Å². The highest BCUT2D eigenvalue weighted by Crippen LogP contribution is 2.33. The second-order valence-electron chi connectivity index (χ2n) is 5.11. The lowest BCUT2D eigenvalue weighted by molar-refractivity contribution is 0.479. The Morgan fingerprint density at radius 3 is 2.62 bits per heavy atom. The van der Waals surface area contributed by atoms with Crippen LogP contribution in [0.3, 0.4) is 0 Å². The molecular formula is C17H16ClN5O. The van der Waals surface area contributed by atoms with Crippen molar-refractivity contribution in [1.29, 1.82) is 10.7 Å². The highest BCUT2D eigenvalue weighted by Gasteiger charge is 2.07. The third-order valence-electron chi connectivity index (χ3n) is 3.15. The van der Waals surface area contributed by atoms with Crippen molar-refractivity contribution < 1.29 is 4.74 Å². The summed E-state index contributed by atoms with van der Waals surface area (Å²) < 4.78 is 5.86. The van der Waals surface area contributed by atoms with Crippen LogP contribution in [0.25, 0.3) is 0 Å². The van der Waals surface area contributed by atoms with Crippen LogP contribution in [0.2, 0.25) is 5.02 Å². The molecule has 0 aromatic heterocycles. The maximum atomic E-state index is 8.80. The summed E-state index contributed by atoms with van der Waals surface area (Å²) in [6.07, 6.45) is 0. The fourth-order valence-corrected chi connectivity index (χ4v) is 2.07. The number of amidine groups is 1. The van der Waals surface area contributed by atoms with E-state index in [2.05, 4.69) is 10.5 Å². The second kappa shape index (κ2) is 7.49. The molecule has 0 saturated carbocycles. The minimum Gasteiger partial charge on any atom is -0.456 e. The second-order valence-corrected chi connectivity index (χ2v) is 5.52. The average Bonchev–Trinajstić information content (AvgIpc) is 2.53. The number of nitrogens with zero attached hydrogens (tertiary/aromatic N) is 2. The Hall–Kier alpha value is -3.04. The van der Waals surface area contributed by atoms with Gasteiger partial charge in [0.2, 0.25) is 5.71 Å². The first-order chi connectivity index (χ1) is 11.4. The molecular weight excluding hydrogens is 326 g/mol. The first-order valence-corrected chi connectivity index (χ1v) is 7.41. The van der Waals surface area contributed by atoms with E-state index in [0.29, 0.717) is 16.5 Å². The predicted molar refractivity (Wildman–Crippen MR) is 96.0 cm³/mol. The van der Waals surface area contributed by atoms with Gasteiger partial charge in [0.05, 0.1) is 10.7 Å². The van der Waals surface area contributed by atoms with Gasteiger partial charge in [0.25, 0.3) is 0 Å². The molecule has 0 aliphatic rings. The number of aryl methyl sites for hydroxylation is 2. The third kappa shape index (κ3) is 4.24. The lowest BCUT2D eigenvalue weighted by Gasteiger charge is -2.12. The smallest absolute Gasteiger partial charge is 0.201 e. The number of hydrazone groups is 1. The van der Waals surface area contributed by atoms with E-state index in [1.165, 1.54) is 0 Å². The Bertz CT molecular complexity index is 855. The summed E-state index contributed by atoms with van der Waals surface area (Å²) >= 11 is 6.24. The minimum absolute atomic E-state index is 0.207. The molecule has 0 atom stereocenters. The van der Waals surface area contributed by atoms with Gasteiger partial charge in [-0.25, -0.2) is 0 Å².